The largest absolute Gasteiger partial charge is 0.338 e. The van der Waals surface area contributed by atoms with Crippen molar-refractivity contribution in [1.82, 2.24) is 10.1 Å². The highest BCUT2D eigenvalue weighted by molar-refractivity contribution is 6.42. The number of hydrogen-bond donors (Lipinski definition) is 0. The van der Waals surface area contributed by atoms with Crippen molar-refractivity contribution in [3.05, 3.63) is 45.5 Å². The summed E-state index contributed by atoms with van der Waals surface area (Å²) in [4.78, 5) is 4.07. The van der Waals surface area contributed by atoms with Gasteiger partial charge in [0.15, 0.2) is 5.82 Å². The van der Waals surface area contributed by atoms with Crippen molar-refractivity contribution >= 4 is 23.2 Å². The number of nitrogens with zero attached hydrogens (tertiary/aromatic N) is 3. The van der Waals surface area contributed by atoms with Gasteiger partial charge in [0.2, 0.25) is 5.89 Å². The molecule has 0 spiro atoms. The Bertz CT molecular complexity index is 574. The second-order valence-corrected chi connectivity index (χ2v) is 4.18. The molecule has 0 N–H and O–H groups in total. The lowest BCUT2D eigenvalue weighted by atomic mass is 10.1. The van der Waals surface area contributed by atoms with Crippen LogP contribution in [-0.2, 0) is 12.8 Å². The van der Waals surface area contributed by atoms with E-state index in [0.717, 1.165) is 5.56 Å². The Morgan fingerprint density at radius 1 is 1.29 bits per heavy atom. The molecule has 4 nitrogen and oxygen atoms in total. The molecule has 0 saturated heterocycles. The van der Waals surface area contributed by atoms with E-state index in [-0.39, 0.29) is 6.42 Å². The third-order valence-corrected chi connectivity index (χ3v) is 2.83. The van der Waals surface area contributed by atoms with Crippen molar-refractivity contribution in [2.24, 2.45) is 0 Å². The summed E-state index contributed by atoms with van der Waals surface area (Å²) in [5.74, 6) is 0.844. The van der Waals surface area contributed by atoms with Crippen LogP contribution in [0.25, 0.3) is 0 Å². The van der Waals surface area contributed by atoms with Gasteiger partial charge in [0.05, 0.1) is 16.1 Å². The minimum absolute atomic E-state index is 0.119. The van der Waals surface area contributed by atoms with Gasteiger partial charge in [-0.25, -0.2) is 0 Å². The van der Waals surface area contributed by atoms with Crippen LogP contribution in [0.15, 0.2) is 22.7 Å². The van der Waals surface area contributed by atoms with E-state index in [2.05, 4.69) is 10.1 Å². The van der Waals surface area contributed by atoms with Crippen molar-refractivity contribution in [1.29, 1.82) is 5.26 Å². The van der Waals surface area contributed by atoms with Gasteiger partial charge in [-0.05, 0) is 17.7 Å². The molecule has 0 unspecified atom stereocenters. The smallest absolute Gasteiger partial charge is 0.240 e. The van der Waals surface area contributed by atoms with E-state index in [4.69, 9.17) is 33.0 Å². The van der Waals surface area contributed by atoms with Gasteiger partial charge in [-0.1, -0.05) is 34.4 Å². The van der Waals surface area contributed by atoms with Gasteiger partial charge in [-0.15, -0.1) is 0 Å². The van der Waals surface area contributed by atoms with Crippen LogP contribution < -0.4 is 0 Å². The van der Waals surface area contributed by atoms with Gasteiger partial charge in [-0.3, -0.25) is 0 Å². The predicted molar refractivity (Wildman–Crippen MR) is 62.9 cm³/mol. The lowest BCUT2D eigenvalue weighted by Gasteiger charge is -1.99. The molecule has 2 rings (SSSR count). The maximum absolute atomic E-state index is 8.48. The van der Waals surface area contributed by atoms with Crippen molar-refractivity contribution in [3.8, 4) is 6.07 Å². The molecule has 2 aromatic rings. The predicted octanol–water partition coefficient (Wildman–Crippen LogP) is 3.03. The first-order valence-electron chi connectivity index (χ1n) is 4.81. The molecule has 0 aliphatic heterocycles. The third kappa shape index (κ3) is 2.96. The fraction of sp³-hybridized carbons (Fsp3) is 0.182. The highest BCUT2D eigenvalue weighted by atomic mass is 35.5. The van der Waals surface area contributed by atoms with Crippen molar-refractivity contribution in [3.63, 3.8) is 0 Å². The zero-order valence-corrected chi connectivity index (χ0v) is 10.2. The molecule has 0 saturated carbocycles. The molecule has 0 aliphatic carbocycles. The van der Waals surface area contributed by atoms with Crippen molar-refractivity contribution in [2.75, 3.05) is 0 Å². The first-order valence-corrected chi connectivity index (χ1v) is 5.57. The van der Waals surface area contributed by atoms with Gasteiger partial charge in [-0.2, -0.15) is 10.2 Å². The van der Waals surface area contributed by atoms with E-state index >= 15 is 0 Å². The summed E-state index contributed by atoms with van der Waals surface area (Å²) >= 11 is 11.7. The van der Waals surface area contributed by atoms with E-state index in [1.54, 1.807) is 12.1 Å². The summed E-state index contributed by atoms with van der Waals surface area (Å²) in [5.41, 5.74) is 0.934. The summed E-state index contributed by atoms with van der Waals surface area (Å²) in [6.07, 6.45) is 0.611. The second kappa shape index (κ2) is 5.17. The molecule has 17 heavy (non-hydrogen) atoms. The van der Waals surface area contributed by atoms with Crippen LogP contribution in [0.3, 0.4) is 0 Å². The molecule has 6 heteroatoms. The highest BCUT2D eigenvalue weighted by Crippen LogP contribution is 2.23. The van der Waals surface area contributed by atoms with Gasteiger partial charge >= 0.3 is 0 Å². The summed E-state index contributed by atoms with van der Waals surface area (Å²) in [6, 6.07) is 7.26. The molecule has 0 fully saturated rings. The summed E-state index contributed by atoms with van der Waals surface area (Å²) in [6.45, 7) is 0. The lowest BCUT2D eigenvalue weighted by molar-refractivity contribution is 0.382. The Morgan fingerprint density at radius 3 is 2.82 bits per heavy atom. The molecule has 1 aromatic carbocycles. The number of halogens is 2. The monoisotopic (exact) mass is 267 g/mol. The Kier molecular flexibility index (Phi) is 3.62. The standard InChI is InChI=1S/C11H7Cl2N3O/c12-8-2-1-7(5-9(8)13)6-10-15-11(3-4-14)17-16-10/h1-2,5H,3,6H2. The van der Waals surface area contributed by atoms with Gasteiger partial charge in [0.25, 0.3) is 0 Å². The Morgan fingerprint density at radius 2 is 2.12 bits per heavy atom. The van der Waals surface area contributed by atoms with Crippen LogP contribution >= 0.6 is 23.2 Å². The average molecular weight is 268 g/mol. The van der Waals surface area contributed by atoms with Gasteiger partial charge in [0, 0.05) is 6.42 Å². The van der Waals surface area contributed by atoms with Crippen LogP contribution in [0.2, 0.25) is 10.0 Å². The van der Waals surface area contributed by atoms with Crippen LogP contribution in [-0.4, -0.2) is 10.1 Å². The average Bonchev–Trinajstić information content (AvgIpc) is 2.72. The molecule has 0 atom stereocenters. The second-order valence-electron chi connectivity index (χ2n) is 3.36. The number of benzene rings is 1. The van der Waals surface area contributed by atoms with Gasteiger partial charge in [0.1, 0.15) is 6.42 Å². The quantitative estimate of drug-likeness (QED) is 0.858. The molecule has 0 bridgehead atoms. The maximum atomic E-state index is 8.48. The summed E-state index contributed by atoms with van der Waals surface area (Å²) < 4.78 is 4.89. The van der Waals surface area contributed by atoms with Crippen molar-refractivity contribution in [2.45, 2.75) is 12.8 Å². The molecule has 0 aliphatic rings. The minimum Gasteiger partial charge on any atom is -0.338 e. The Hall–Kier alpha value is -1.57. The zero-order chi connectivity index (χ0) is 12.3. The van der Waals surface area contributed by atoms with E-state index in [9.17, 15) is 0 Å². The first kappa shape index (κ1) is 11.9. The first-order chi connectivity index (χ1) is 8.19. The number of nitriles is 1. The topological polar surface area (TPSA) is 62.7 Å². The van der Waals surface area contributed by atoms with Crippen LogP contribution in [0, 0.1) is 11.3 Å². The number of rotatable bonds is 3. The molecular weight excluding hydrogens is 261 g/mol. The van der Waals surface area contributed by atoms with E-state index in [0.29, 0.717) is 28.2 Å². The molecule has 0 amide bonds. The molecule has 1 heterocycles. The van der Waals surface area contributed by atoms with E-state index in [1.165, 1.54) is 0 Å². The Balaban J connectivity index is 2.14. The maximum Gasteiger partial charge on any atom is 0.240 e. The molecule has 86 valence electrons. The van der Waals surface area contributed by atoms with Crippen LogP contribution in [0.1, 0.15) is 17.3 Å². The molecular formula is C11H7Cl2N3O. The lowest BCUT2D eigenvalue weighted by Crippen LogP contribution is -1.91. The zero-order valence-electron chi connectivity index (χ0n) is 8.65. The number of hydrogen-bond acceptors (Lipinski definition) is 4. The fourth-order valence-electron chi connectivity index (χ4n) is 1.33. The van der Waals surface area contributed by atoms with E-state index < -0.39 is 0 Å². The summed E-state index contributed by atoms with van der Waals surface area (Å²) in [5, 5.41) is 13.2. The van der Waals surface area contributed by atoms with E-state index in [1.807, 2.05) is 12.1 Å². The minimum atomic E-state index is 0.119. The normalized spacial score (nSPS) is 10.2. The third-order valence-electron chi connectivity index (χ3n) is 2.09. The number of aromatic nitrogens is 2. The van der Waals surface area contributed by atoms with Gasteiger partial charge < -0.3 is 4.52 Å². The van der Waals surface area contributed by atoms with Crippen molar-refractivity contribution < 1.29 is 4.52 Å². The molecule has 0 radical (unpaired) electrons. The highest BCUT2D eigenvalue weighted by Gasteiger charge is 2.07. The summed E-state index contributed by atoms with van der Waals surface area (Å²) in [7, 11) is 0. The van der Waals surface area contributed by atoms with Crippen LogP contribution in [0.5, 0.6) is 0 Å². The van der Waals surface area contributed by atoms with Crippen LogP contribution in [0.4, 0.5) is 0 Å². The molecule has 1 aromatic heterocycles. The fourth-order valence-corrected chi connectivity index (χ4v) is 1.65. The Labute approximate surface area is 108 Å². The SMILES string of the molecule is N#CCc1nc(Cc2ccc(Cl)c(Cl)c2)no1.